The van der Waals surface area contributed by atoms with Gasteiger partial charge in [0.1, 0.15) is 0 Å². The average Bonchev–Trinajstić information content (AvgIpc) is 3.03. The SMILES string of the molecule is CC(O)(CNC1CC1)C1CCCCCN1. The van der Waals surface area contributed by atoms with Gasteiger partial charge in [0.2, 0.25) is 0 Å². The first-order valence-corrected chi connectivity index (χ1v) is 6.38. The molecule has 1 aliphatic carbocycles. The zero-order valence-corrected chi connectivity index (χ0v) is 9.76. The van der Waals surface area contributed by atoms with Crippen LogP contribution in [-0.4, -0.2) is 35.9 Å². The molecule has 2 atom stereocenters. The number of hydrogen-bond donors (Lipinski definition) is 3. The third kappa shape index (κ3) is 3.44. The Balaban J connectivity index is 1.80. The first-order chi connectivity index (χ1) is 7.18. The fourth-order valence-electron chi connectivity index (χ4n) is 2.32. The van der Waals surface area contributed by atoms with E-state index in [0.717, 1.165) is 19.5 Å². The van der Waals surface area contributed by atoms with Gasteiger partial charge >= 0.3 is 0 Å². The molecule has 2 aliphatic rings. The summed E-state index contributed by atoms with van der Waals surface area (Å²) in [6.45, 7) is 3.75. The van der Waals surface area contributed by atoms with Gasteiger partial charge in [0.05, 0.1) is 5.60 Å². The van der Waals surface area contributed by atoms with E-state index in [0.29, 0.717) is 6.04 Å². The summed E-state index contributed by atoms with van der Waals surface area (Å²) in [5, 5.41) is 17.3. The molecule has 1 saturated carbocycles. The van der Waals surface area contributed by atoms with E-state index in [2.05, 4.69) is 10.6 Å². The Morgan fingerprint density at radius 1 is 1.27 bits per heavy atom. The lowest BCUT2D eigenvalue weighted by atomic mass is 9.92. The van der Waals surface area contributed by atoms with Gasteiger partial charge in [0.15, 0.2) is 0 Å². The maximum absolute atomic E-state index is 10.4. The second kappa shape index (κ2) is 4.81. The van der Waals surface area contributed by atoms with E-state index in [1.165, 1.54) is 32.1 Å². The van der Waals surface area contributed by atoms with Crippen LogP contribution in [0.4, 0.5) is 0 Å². The quantitative estimate of drug-likeness (QED) is 0.652. The number of rotatable bonds is 4. The summed E-state index contributed by atoms with van der Waals surface area (Å²) in [5.74, 6) is 0. The molecule has 3 N–H and O–H groups in total. The van der Waals surface area contributed by atoms with Crippen molar-refractivity contribution in [2.24, 2.45) is 0 Å². The third-order valence-electron chi connectivity index (χ3n) is 3.64. The standard InChI is InChI=1S/C12H24N2O/c1-12(15,9-14-10-6-7-10)11-5-3-2-4-8-13-11/h10-11,13-15H,2-9H2,1H3. The molecule has 2 unspecified atom stereocenters. The molecular weight excluding hydrogens is 188 g/mol. The van der Waals surface area contributed by atoms with Crippen molar-refractivity contribution in [2.75, 3.05) is 13.1 Å². The predicted molar refractivity (Wildman–Crippen MR) is 61.9 cm³/mol. The molecule has 0 aromatic carbocycles. The monoisotopic (exact) mass is 212 g/mol. The van der Waals surface area contributed by atoms with Gasteiger partial charge in [-0.3, -0.25) is 0 Å². The molecule has 0 bridgehead atoms. The minimum atomic E-state index is -0.590. The van der Waals surface area contributed by atoms with Gasteiger partial charge < -0.3 is 15.7 Å². The molecule has 1 saturated heterocycles. The molecule has 3 heteroatoms. The number of hydrogen-bond acceptors (Lipinski definition) is 3. The molecule has 0 radical (unpaired) electrons. The summed E-state index contributed by atoms with van der Waals surface area (Å²) in [7, 11) is 0. The molecule has 2 rings (SSSR count). The van der Waals surface area contributed by atoms with E-state index in [1.807, 2.05) is 6.92 Å². The van der Waals surface area contributed by atoms with Crippen LogP contribution in [0.15, 0.2) is 0 Å². The summed E-state index contributed by atoms with van der Waals surface area (Å²) in [6, 6.07) is 0.952. The van der Waals surface area contributed by atoms with Gasteiger partial charge in [0, 0.05) is 18.6 Å². The topological polar surface area (TPSA) is 44.3 Å². The summed E-state index contributed by atoms with van der Waals surface area (Å²) in [4.78, 5) is 0. The van der Waals surface area contributed by atoms with Crippen LogP contribution >= 0.6 is 0 Å². The fraction of sp³-hybridized carbons (Fsp3) is 1.00. The van der Waals surface area contributed by atoms with Crippen LogP contribution in [0.1, 0.15) is 45.4 Å². The Hall–Kier alpha value is -0.120. The van der Waals surface area contributed by atoms with Gasteiger partial charge in [-0.25, -0.2) is 0 Å². The van der Waals surface area contributed by atoms with Crippen molar-refractivity contribution in [1.29, 1.82) is 0 Å². The van der Waals surface area contributed by atoms with Crippen molar-refractivity contribution in [3.63, 3.8) is 0 Å². The van der Waals surface area contributed by atoms with E-state index in [-0.39, 0.29) is 6.04 Å². The second-order valence-electron chi connectivity index (χ2n) is 5.37. The van der Waals surface area contributed by atoms with Crippen molar-refractivity contribution >= 4 is 0 Å². The van der Waals surface area contributed by atoms with E-state index >= 15 is 0 Å². The highest BCUT2D eigenvalue weighted by molar-refractivity contribution is 4.93. The Bertz CT molecular complexity index is 194. The molecule has 1 aliphatic heterocycles. The maximum Gasteiger partial charge on any atom is 0.0895 e. The largest absolute Gasteiger partial charge is 0.387 e. The van der Waals surface area contributed by atoms with Crippen molar-refractivity contribution in [2.45, 2.75) is 63.1 Å². The number of nitrogens with one attached hydrogen (secondary N) is 2. The summed E-state index contributed by atoms with van der Waals surface area (Å²) >= 11 is 0. The Kier molecular flexibility index (Phi) is 3.65. The molecule has 88 valence electrons. The first-order valence-electron chi connectivity index (χ1n) is 6.38. The van der Waals surface area contributed by atoms with E-state index in [4.69, 9.17) is 0 Å². The zero-order chi connectivity index (χ0) is 10.7. The predicted octanol–water partition coefficient (Wildman–Crippen LogP) is 1.02. The van der Waals surface area contributed by atoms with Crippen LogP contribution < -0.4 is 10.6 Å². The maximum atomic E-state index is 10.4. The second-order valence-corrected chi connectivity index (χ2v) is 5.37. The number of aliphatic hydroxyl groups is 1. The van der Waals surface area contributed by atoms with Gasteiger partial charge in [-0.05, 0) is 39.2 Å². The van der Waals surface area contributed by atoms with Crippen LogP contribution in [0, 0.1) is 0 Å². The van der Waals surface area contributed by atoms with Crippen LogP contribution in [0.5, 0.6) is 0 Å². The minimum absolute atomic E-state index is 0.270. The highest BCUT2D eigenvalue weighted by Gasteiger charge is 2.33. The van der Waals surface area contributed by atoms with Gasteiger partial charge in [-0.1, -0.05) is 12.8 Å². The van der Waals surface area contributed by atoms with Crippen LogP contribution in [0.25, 0.3) is 0 Å². The van der Waals surface area contributed by atoms with Crippen LogP contribution in [0.3, 0.4) is 0 Å². The highest BCUT2D eigenvalue weighted by Crippen LogP contribution is 2.22. The summed E-state index contributed by atoms with van der Waals surface area (Å²) in [6.07, 6.45) is 7.48. The molecule has 0 amide bonds. The van der Waals surface area contributed by atoms with E-state index in [1.54, 1.807) is 0 Å². The summed E-state index contributed by atoms with van der Waals surface area (Å²) < 4.78 is 0. The highest BCUT2D eigenvalue weighted by atomic mass is 16.3. The fourth-order valence-corrected chi connectivity index (χ4v) is 2.32. The molecule has 2 fully saturated rings. The molecule has 3 nitrogen and oxygen atoms in total. The molecule has 15 heavy (non-hydrogen) atoms. The van der Waals surface area contributed by atoms with Gasteiger partial charge in [0.25, 0.3) is 0 Å². The third-order valence-corrected chi connectivity index (χ3v) is 3.64. The van der Waals surface area contributed by atoms with Crippen LogP contribution in [-0.2, 0) is 0 Å². The van der Waals surface area contributed by atoms with Crippen molar-refractivity contribution < 1.29 is 5.11 Å². The molecule has 0 aromatic rings. The van der Waals surface area contributed by atoms with E-state index < -0.39 is 5.60 Å². The minimum Gasteiger partial charge on any atom is -0.387 e. The molecule has 0 aromatic heterocycles. The molecular formula is C12H24N2O. The van der Waals surface area contributed by atoms with Crippen molar-refractivity contribution in [3.05, 3.63) is 0 Å². The molecule has 0 spiro atoms. The lowest BCUT2D eigenvalue weighted by Gasteiger charge is -2.33. The van der Waals surface area contributed by atoms with Crippen molar-refractivity contribution in [1.82, 2.24) is 10.6 Å². The van der Waals surface area contributed by atoms with Gasteiger partial charge in [-0.2, -0.15) is 0 Å². The average molecular weight is 212 g/mol. The Labute approximate surface area is 92.6 Å². The Morgan fingerprint density at radius 2 is 2.07 bits per heavy atom. The van der Waals surface area contributed by atoms with Crippen LogP contribution in [0.2, 0.25) is 0 Å². The first kappa shape index (κ1) is 11.4. The summed E-state index contributed by atoms with van der Waals surface area (Å²) in [5.41, 5.74) is -0.590. The normalized spacial score (nSPS) is 32.0. The van der Waals surface area contributed by atoms with Crippen molar-refractivity contribution in [3.8, 4) is 0 Å². The lowest BCUT2D eigenvalue weighted by molar-refractivity contribution is 0.0180. The zero-order valence-electron chi connectivity index (χ0n) is 9.76. The lowest BCUT2D eigenvalue weighted by Crippen LogP contribution is -2.54. The van der Waals surface area contributed by atoms with E-state index in [9.17, 15) is 5.11 Å². The smallest absolute Gasteiger partial charge is 0.0895 e. The molecule has 1 heterocycles. The van der Waals surface area contributed by atoms with Gasteiger partial charge in [-0.15, -0.1) is 0 Å². The Morgan fingerprint density at radius 3 is 2.80 bits per heavy atom.